The lowest BCUT2D eigenvalue weighted by atomic mass is 9.84. The highest BCUT2D eigenvalue weighted by molar-refractivity contribution is 5.75. The number of nitriles is 1. The first kappa shape index (κ1) is 20.8. The lowest BCUT2D eigenvalue weighted by Crippen LogP contribution is -2.60. The molecule has 1 unspecified atom stereocenters. The lowest BCUT2D eigenvalue weighted by Gasteiger charge is -2.38. The summed E-state index contributed by atoms with van der Waals surface area (Å²) < 4.78 is 54.1. The molecule has 1 atom stereocenters. The molecular weight excluding hydrogens is 385 g/mol. The van der Waals surface area contributed by atoms with E-state index in [1.807, 2.05) is 5.32 Å². The largest absolute Gasteiger partial charge is 0.460 e. The Balaban J connectivity index is 2.17. The molecule has 1 N–H and O–H groups in total. The molecule has 0 aromatic heterocycles. The van der Waals surface area contributed by atoms with E-state index in [1.54, 1.807) is 57.2 Å². The normalized spacial score (nSPS) is 22.3. The third-order valence-electron chi connectivity index (χ3n) is 4.47. The molecule has 1 saturated carbocycles. The molecule has 0 saturated heterocycles. The zero-order valence-corrected chi connectivity index (χ0v) is 16.3. The number of amides is 1. The number of hydrogen-bond acceptors (Lipinski definition) is 4. The average molecular weight is 406 g/mol. The minimum absolute atomic E-state index is 0.0535. The van der Waals surface area contributed by atoms with Crippen LogP contribution < -0.4 is 5.32 Å². The highest BCUT2D eigenvalue weighted by Gasteiger charge is 2.62. The van der Waals surface area contributed by atoms with Gasteiger partial charge in [-0.3, -0.25) is 5.32 Å². The minimum atomic E-state index is -5.00. The van der Waals surface area contributed by atoms with Crippen molar-refractivity contribution >= 4 is 11.9 Å². The molecule has 0 radical (unpaired) electrons. The first-order valence-corrected chi connectivity index (χ1v) is 9.15. The number of carbonyl (C=O) groups excluding carboxylic acids is 1. The minimum Gasteiger partial charge on any atom is -0.460 e. The number of alkyl halides is 3. The van der Waals surface area contributed by atoms with E-state index in [-0.39, 0.29) is 17.4 Å². The Morgan fingerprint density at radius 2 is 1.86 bits per heavy atom. The number of nitrogens with one attached hydrogen (secondary N) is 1. The second kappa shape index (κ2) is 7.14. The summed E-state index contributed by atoms with van der Waals surface area (Å²) in [4.78, 5) is 12.3. The van der Waals surface area contributed by atoms with E-state index in [0.29, 0.717) is 18.4 Å². The van der Waals surface area contributed by atoms with Crippen molar-refractivity contribution in [2.24, 2.45) is 5.92 Å². The number of carbonyl (C=O) groups is 1. The van der Waals surface area contributed by atoms with Crippen molar-refractivity contribution in [1.82, 2.24) is 5.32 Å². The number of alkyl carbamates (subject to hydrolysis) is 1. The third kappa shape index (κ3) is 4.24. The summed E-state index contributed by atoms with van der Waals surface area (Å²) >= 11 is 0. The molecule has 5 nitrogen and oxygen atoms in total. The predicted molar refractivity (Wildman–Crippen MR) is 99.0 cm³/mol. The molecule has 1 fully saturated rings. The molecule has 29 heavy (non-hydrogen) atoms. The van der Waals surface area contributed by atoms with E-state index < -0.39 is 29.0 Å². The maximum Gasteiger partial charge on any atom is 0.420 e. The Morgan fingerprint density at radius 3 is 2.34 bits per heavy atom. The van der Waals surface area contributed by atoms with E-state index in [0.717, 1.165) is 6.08 Å². The molecule has 0 bridgehead atoms. The van der Waals surface area contributed by atoms with Crippen LogP contribution in [-0.2, 0) is 9.47 Å². The number of rotatable bonds is 3. The van der Waals surface area contributed by atoms with Gasteiger partial charge in [-0.05, 0) is 39.7 Å². The van der Waals surface area contributed by atoms with Gasteiger partial charge in [0.2, 0.25) is 0 Å². The Kier molecular flexibility index (Phi) is 5.11. The molecule has 8 heteroatoms. The van der Waals surface area contributed by atoms with Crippen LogP contribution in [0, 0.1) is 17.2 Å². The van der Waals surface area contributed by atoms with Crippen LogP contribution in [0.1, 0.15) is 39.2 Å². The molecule has 0 spiro atoms. The van der Waals surface area contributed by atoms with Gasteiger partial charge in [0.1, 0.15) is 28.8 Å². The van der Waals surface area contributed by atoms with E-state index >= 15 is 0 Å². The quantitative estimate of drug-likeness (QED) is 0.761. The van der Waals surface area contributed by atoms with Crippen molar-refractivity contribution in [3.63, 3.8) is 0 Å². The van der Waals surface area contributed by atoms with Gasteiger partial charge in [-0.1, -0.05) is 30.3 Å². The Hall–Kier alpha value is -2.95. The summed E-state index contributed by atoms with van der Waals surface area (Å²) in [5.41, 5.74) is -4.32. The van der Waals surface area contributed by atoms with Crippen molar-refractivity contribution in [2.45, 2.75) is 50.9 Å². The number of halogens is 3. The zero-order chi connectivity index (χ0) is 21.4. The predicted octanol–water partition coefficient (Wildman–Crippen LogP) is 5.07. The molecule has 1 aliphatic heterocycles. The van der Waals surface area contributed by atoms with E-state index in [9.17, 15) is 23.2 Å². The van der Waals surface area contributed by atoms with Crippen LogP contribution in [0.5, 0.6) is 0 Å². The van der Waals surface area contributed by atoms with Gasteiger partial charge in [-0.25, -0.2) is 4.79 Å². The van der Waals surface area contributed by atoms with Crippen LogP contribution in [0.3, 0.4) is 0 Å². The van der Waals surface area contributed by atoms with Gasteiger partial charge < -0.3 is 9.47 Å². The summed E-state index contributed by atoms with van der Waals surface area (Å²) in [5, 5.41) is 11.5. The van der Waals surface area contributed by atoms with Gasteiger partial charge in [-0.15, -0.1) is 0 Å². The van der Waals surface area contributed by atoms with Gasteiger partial charge in [0.25, 0.3) is 0 Å². The molecule has 1 aromatic carbocycles. The number of allylic oxidation sites excluding steroid dienone is 1. The van der Waals surface area contributed by atoms with Gasteiger partial charge >= 0.3 is 12.3 Å². The lowest BCUT2D eigenvalue weighted by molar-refractivity contribution is -0.170. The van der Waals surface area contributed by atoms with Gasteiger partial charge in [-0.2, -0.15) is 18.4 Å². The topological polar surface area (TPSA) is 71.3 Å². The summed E-state index contributed by atoms with van der Waals surface area (Å²) in [6.07, 6.45) is -4.30. The molecule has 3 rings (SSSR count). The Labute approximate surface area is 166 Å². The molecule has 1 aliphatic carbocycles. The number of hydrogen-bond donors (Lipinski definition) is 1. The van der Waals surface area contributed by atoms with Gasteiger partial charge in [0.15, 0.2) is 5.54 Å². The summed E-state index contributed by atoms with van der Waals surface area (Å²) in [5.74, 6) is -0.415. The molecule has 1 amide bonds. The maximum atomic E-state index is 14.4. The molecule has 154 valence electrons. The highest BCUT2D eigenvalue weighted by atomic mass is 19.4. The van der Waals surface area contributed by atoms with Crippen molar-refractivity contribution in [3.05, 3.63) is 53.3 Å². The average Bonchev–Trinajstić information content (AvgIpc) is 3.44. The molecule has 1 aromatic rings. The molecular formula is C21H21F3N2O3. The summed E-state index contributed by atoms with van der Waals surface area (Å²) in [7, 11) is 0. The first-order chi connectivity index (χ1) is 13.5. The molecule has 2 aliphatic rings. The zero-order valence-electron chi connectivity index (χ0n) is 16.3. The smallest absolute Gasteiger partial charge is 0.420 e. The van der Waals surface area contributed by atoms with Crippen LogP contribution in [0.4, 0.5) is 18.0 Å². The van der Waals surface area contributed by atoms with E-state index in [4.69, 9.17) is 9.47 Å². The van der Waals surface area contributed by atoms with Crippen molar-refractivity contribution < 1.29 is 27.4 Å². The monoisotopic (exact) mass is 406 g/mol. The van der Waals surface area contributed by atoms with Gasteiger partial charge in [0, 0.05) is 11.5 Å². The fourth-order valence-corrected chi connectivity index (χ4v) is 3.04. The summed E-state index contributed by atoms with van der Waals surface area (Å²) in [6.45, 7) is 4.62. The van der Waals surface area contributed by atoms with Crippen molar-refractivity contribution in [2.75, 3.05) is 0 Å². The van der Waals surface area contributed by atoms with E-state index in [1.165, 1.54) is 0 Å². The number of ether oxygens (including phenoxy) is 2. The van der Waals surface area contributed by atoms with Gasteiger partial charge in [0.05, 0.1) is 0 Å². The highest BCUT2D eigenvalue weighted by Crippen LogP contribution is 2.50. The Bertz CT molecular complexity index is 904. The summed E-state index contributed by atoms with van der Waals surface area (Å²) in [6, 6.07) is 9.88. The maximum absolute atomic E-state index is 14.4. The van der Waals surface area contributed by atoms with E-state index in [2.05, 4.69) is 0 Å². The SMILES string of the molecule is CC(C)(C)OC(=O)NC1(C(F)(F)F)C=C(c2ccccc2)OC(C2CC2)=C1C#N. The second-order valence-electron chi connectivity index (χ2n) is 8.03. The number of nitrogens with zero attached hydrogens (tertiary/aromatic N) is 1. The Morgan fingerprint density at radius 1 is 1.24 bits per heavy atom. The fraction of sp³-hybridized carbons (Fsp3) is 0.429. The van der Waals surface area contributed by atoms with Crippen molar-refractivity contribution in [1.29, 1.82) is 5.26 Å². The van der Waals surface area contributed by atoms with Crippen LogP contribution >= 0.6 is 0 Å². The standard InChI is InChI=1S/C21H21F3N2O3/c1-19(2,3)29-18(27)26-20(21(22,23)24)11-16(13-7-5-4-6-8-13)28-17(14-9-10-14)15(20)12-25/h4-8,11,14H,9-10H2,1-3H3,(H,26,27). The number of benzene rings is 1. The van der Waals surface area contributed by atoms with Crippen LogP contribution in [-0.4, -0.2) is 23.4 Å². The van der Waals surface area contributed by atoms with Crippen LogP contribution in [0.2, 0.25) is 0 Å². The third-order valence-corrected chi connectivity index (χ3v) is 4.47. The second-order valence-corrected chi connectivity index (χ2v) is 8.03. The molecule has 1 heterocycles. The van der Waals surface area contributed by atoms with Crippen LogP contribution in [0.15, 0.2) is 47.7 Å². The fourth-order valence-electron chi connectivity index (χ4n) is 3.04. The van der Waals surface area contributed by atoms with Crippen LogP contribution in [0.25, 0.3) is 5.76 Å². The first-order valence-electron chi connectivity index (χ1n) is 9.15. The van der Waals surface area contributed by atoms with Crippen molar-refractivity contribution in [3.8, 4) is 6.07 Å².